The lowest BCUT2D eigenvalue weighted by molar-refractivity contribution is -0.142. The molecule has 1 heterocycles. The van der Waals surface area contributed by atoms with E-state index in [0.717, 1.165) is 6.42 Å². The number of likely N-dealkylation sites (tertiary alicyclic amines) is 1. The van der Waals surface area contributed by atoms with Gasteiger partial charge in [0.1, 0.15) is 11.6 Å². The second-order valence-corrected chi connectivity index (χ2v) is 6.23. The molecular weight excluding hydrogens is 260 g/mol. The Labute approximate surface area is 120 Å². The molecule has 0 aromatic carbocycles. The number of hydrogen-bond donors (Lipinski definition) is 1. The van der Waals surface area contributed by atoms with Crippen LogP contribution in [0.2, 0.25) is 0 Å². The molecule has 1 N–H and O–H groups in total. The van der Waals surface area contributed by atoms with Gasteiger partial charge in [0.15, 0.2) is 0 Å². The Morgan fingerprint density at radius 2 is 2.05 bits per heavy atom. The predicted octanol–water partition coefficient (Wildman–Crippen LogP) is 1.39. The Hall–Kier alpha value is -1.30. The highest BCUT2D eigenvalue weighted by Crippen LogP contribution is 2.19. The van der Waals surface area contributed by atoms with Crippen LogP contribution in [0.3, 0.4) is 0 Å². The molecule has 0 radical (unpaired) electrons. The van der Waals surface area contributed by atoms with E-state index in [0.29, 0.717) is 25.6 Å². The smallest absolute Gasteiger partial charge is 0.410 e. The van der Waals surface area contributed by atoms with Gasteiger partial charge in [-0.05, 0) is 40.0 Å². The van der Waals surface area contributed by atoms with E-state index in [1.165, 1.54) is 7.11 Å². The van der Waals surface area contributed by atoms with Crippen LogP contribution in [0.25, 0.3) is 0 Å². The molecule has 0 saturated carbocycles. The molecular formula is C14H26N2O4. The average Bonchev–Trinajstić information content (AvgIpc) is 2.81. The zero-order valence-electron chi connectivity index (χ0n) is 13.1. The topological polar surface area (TPSA) is 67.9 Å². The molecule has 1 rings (SSSR count). The van der Waals surface area contributed by atoms with Crippen LogP contribution in [0, 0.1) is 5.92 Å². The van der Waals surface area contributed by atoms with Gasteiger partial charge in [-0.25, -0.2) is 4.79 Å². The normalized spacial score (nSPS) is 20.6. The molecule has 0 spiro atoms. The number of amides is 1. The highest BCUT2D eigenvalue weighted by Gasteiger charge is 2.30. The van der Waals surface area contributed by atoms with Gasteiger partial charge in [0.25, 0.3) is 0 Å². The summed E-state index contributed by atoms with van der Waals surface area (Å²) in [4.78, 5) is 24.9. The maximum atomic E-state index is 11.9. The van der Waals surface area contributed by atoms with Gasteiger partial charge in [0, 0.05) is 19.6 Å². The van der Waals surface area contributed by atoms with Gasteiger partial charge in [0.2, 0.25) is 0 Å². The van der Waals surface area contributed by atoms with E-state index in [2.05, 4.69) is 10.1 Å². The molecule has 6 heteroatoms. The van der Waals surface area contributed by atoms with Gasteiger partial charge in [0.05, 0.1) is 7.11 Å². The first kappa shape index (κ1) is 16.8. The number of rotatable bonds is 4. The Bertz CT molecular complexity index is 352. The van der Waals surface area contributed by atoms with Crippen LogP contribution >= 0.6 is 0 Å². The van der Waals surface area contributed by atoms with Crippen LogP contribution in [0.4, 0.5) is 4.79 Å². The fourth-order valence-corrected chi connectivity index (χ4v) is 2.10. The minimum atomic E-state index is -0.465. The highest BCUT2D eigenvalue weighted by atomic mass is 16.6. The molecule has 1 aliphatic rings. The minimum absolute atomic E-state index is 0.263. The second-order valence-electron chi connectivity index (χ2n) is 6.23. The summed E-state index contributed by atoms with van der Waals surface area (Å²) in [6.45, 7) is 9.40. The molecule has 1 saturated heterocycles. The average molecular weight is 286 g/mol. The Balaban J connectivity index is 2.33. The summed E-state index contributed by atoms with van der Waals surface area (Å²) in [6, 6.07) is -0.324. The van der Waals surface area contributed by atoms with Crippen molar-refractivity contribution in [3.05, 3.63) is 0 Å². The van der Waals surface area contributed by atoms with E-state index in [1.54, 1.807) is 11.8 Å². The number of ether oxygens (including phenoxy) is 2. The maximum Gasteiger partial charge on any atom is 0.410 e. The summed E-state index contributed by atoms with van der Waals surface area (Å²) in [5.41, 5.74) is -0.465. The van der Waals surface area contributed by atoms with Crippen LogP contribution in [0.5, 0.6) is 0 Å². The van der Waals surface area contributed by atoms with E-state index in [4.69, 9.17) is 4.74 Å². The molecule has 20 heavy (non-hydrogen) atoms. The number of nitrogens with one attached hydrogen (secondary N) is 1. The van der Waals surface area contributed by atoms with Crippen molar-refractivity contribution < 1.29 is 19.1 Å². The third-order valence-corrected chi connectivity index (χ3v) is 3.20. The summed E-state index contributed by atoms with van der Waals surface area (Å²) < 4.78 is 10.00. The van der Waals surface area contributed by atoms with Crippen molar-refractivity contribution in [1.82, 2.24) is 10.2 Å². The van der Waals surface area contributed by atoms with Crippen LogP contribution in [-0.4, -0.2) is 55.3 Å². The fourth-order valence-electron chi connectivity index (χ4n) is 2.10. The number of carbonyl (C=O) groups is 2. The molecule has 0 bridgehead atoms. The zero-order valence-corrected chi connectivity index (χ0v) is 13.1. The maximum absolute atomic E-state index is 11.9. The Morgan fingerprint density at radius 1 is 1.40 bits per heavy atom. The third-order valence-electron chi connectivity index (χ3n) is 3.20. The molecule has 0 aromatic rings. The number of methoxy groups -OCH3 is 1. The summed E-state index contributed by atoms with van der Waals surface area (Å²) in [7, 11) is 1.38. The monoisotopic (exact) mass is 286 g/mol. The van der Waals surface area contributed by atoms with Crippen molar-refractivity contribution in [2.45, 2.75) is 45.8 Å². The first-order valence-electron chi connectivity index (χ1n) is 7.02. The first-order chi connectivity index (χ1) is 9.23. The lowest BCUT2D eigenvalue weighted by atomic mass is 10.1. The molecule has 0 aromatic heterocycles. The van der Waals surface area contributed by atoms with Gasteiger partial charge >= 0.3 is 12.1 Å². The van der Waals surface area contributed by atoms with Crippen LogP contribution in [0.15, 0.2) is 0 Å². The first-order valence-corrected chi connectivity index (χ1v) is 7.02. The van der Waals surface area contributed by atoms with Crippen molar-refractivity contribution in [2.24, 2.45) is 5.92 Å². The number of esters is 1. The summed E-state index contributed by atoms with van der Waals surface area (Å²) in [5, 5.41) is 3.13. The number of nitrogens with zero attached hydrogens (tertiary/aromatic N) is 1. The molecule has 1 aliphatic heterocycles. The van der Waals surface area contributed by atoms with E-state index in [1.807, 2.05) is 20.8 Å². The lowest BCUT2D eigenvalue weighted by Gasteiger charge is -2.24. The summed E-state index contributed by atoms with van der Waals surface area (Å²) in [5.74, 6) is 0.0709. The van der Waals surface area contributed by atoms with Crippen molar-refractivity contribution in [3.8, 4) is 0 Å². The zero-order chi connectivity index (χ0) is 15.3. The van der Waals surface area contributed by atoms with E-state index in [9.17, 15) is 9.59 Å². The predicted molar refractivity (Wildman–Crippen MR) is 75.4 cm³/mol. The minimum Gasteiger partial charge on any atom is -0.468 e. The van der Waals surface area contributed by atoms with Crippen molar-refractivity contribution in [2.75, 3.05) is 26.7 Å². The van der Waals surface area contributed by atoms with Gasteiger partial charge in [-0.1, -0.05) is 0 Å². The standard InChI is InChI=1S/C14H26N2O4/c1-10(12(17)19-5)15-8-11-6-7-16(9-11)13(18)20-14(2,3)4/h10-11,15H,6-9H2,1-5H3. The van der Waals surface area contributed by atoms with Gasteiger partial charge < -0.3 is 19.7 Å². The van der Waals surface area contributed by atoms with Crippen LogP contribution < -0.4 is 5.32 Å². The van der Waals surface area contributed by atoms with Gasteiger partial charge in [-0.15, -0.1) is 0 Å². The molecule has 1 amide bonds. The molecule has 1 fully saturated rings. The van der Waals surface area contributed by atoms with E-state index in [-0.39, 0.29) is 18.1 Å². The molecule has 6 nitrogen and oxygen atoms in total. The van der Waals surface area contributed by atoms with Gasteiger partial charge in [-0.3, -0.25) is 4.79 Å². The van der Waals surface area contributed by atoms with Crippen LogP contribution in [0.1, 0.15) is 34.1 Å². The largest absolute Gasteiger partial charge is 0.468 e. The molecule has 116 valence electrons. The summed E-state index contributed by atoms with van der Waals surface area (Å²) >= 11 is 0. The van der Waals surface area contributed by atoms with E-state index < -0.39 is 5.60 Å². The third kappa shape index (κ3) is 5.36. The Morgan fingerprint density at radius 3 is 2.60 bits per heavy atom. The number of hydrogen-bond acceptors (Lipinski definition) is 5. The molecule has 2 atom stereocenters. The number of carbonyl (C=O) groups excluding carboxylic acids is 2. The Kier molecular flexibility index (Phi) is 5.80. The summed E-state index contributed by atoms with van der Waals surface area (Å²) in [6.07, 6.45) is 0.654. The van der Waals surface area contributed by atoms with Crippen molar-refractivity contribution in [3.63, 3.8) is 0 Å². The van der Waals surface area contributed by atoms with Crippen LogP contribution in [-0.2, 0) is 14.3 Å². The fraction of sp³-hybridized carbons (Fsp3) is 0.857. The highest BCUT2D eigenvalue weighted by molar-refractivity contribution is 5.75. The van der Waals surface area contributed by atoms with Crippen molar-refractivity contribution in [1.29, 1.82) is 0 Å². The van der Waals surface area contributed by atoms with Gasteiger partial charge in [-0.2, -0.15) is 0 Å². The quantitative estimate of drug-likeness (QED) is 0.791. The second kappa shape index (κ2) is 6.92. The van der Waals surface area contributed by atoms with Crippen molar-refractivity contribution >= 4 is 12.1 Å². The SMILES string of the molecule is COC(=O)C(C)NCC1CCN(C(=O)OC(C)(C)C)C1. The molecule has 2 unspecified atom stereocenters. The molecule has 0 aliphatic carbocycles. The van der Waals surface area contributed by atoms with E-state index >= 15 is 0 Å². The lowest BCUT2D eigenvalue weighted by Crippen LogP contribution is -2.39.